The van der Waals surface area contributed by atoms with Gasteiger partial charge in [-0.2, -0.15) is 4.31 Å². The molecule has 146 valence electrons. The zero-order chi connectivity index (χ0) is 19.2. The Balaban J connectivity index is 1.96. The van der Waals surface area contributed by atoms with Gasteiger partial charge in [0.15, 0.2) is 0 Å². The van der Waals surface area contributed by atoms with Gasteiger partial charge >= 0.3 is 0 Å². The molecule has 1 aliphatic rings. The summed E-state index contributed by atoms with van der Waals surface area (Å²) in [5.41, 5.74) is 1.16. The van der Waals surface area contributed by atoms with Gasteiger partial charge in [0.25, 0.3) is 0 Å². The number of hydrogen-bond donors (Lipinski definition) is 1. The summed E-state index contributed by atoms with van der Waals surface area (Å²) < 4.78 is 27.2. The normalized spacial score (nSPS) is 17.3. The Kier molecular flexibility index (Phi) is 7.61. The minimum absolute atomic E-state index is 0.107. The Hall–Kier alpha value is -1.44. The summed E-state index contributed by atoms with van der Waals surface area (Å²) in [6.07, 6.45) is 2.33. The van der Waals surface area contributed by atoms with Crippen molar-refractivity contribution in [3.63, 3.8) is 0 Å². The van der Waals surface area contributed by atoms with Crippen LogP contribution in [0.2, 0.25) is 0 Å². The maximum Gasteiger partial charge on any atom is 0.243 e. The van der Waals surface area contributed by atoms with E-state index in [1.165, 1.54) is 4.31 Å². The number of sulfonamides is 1. The van der Waals surface area contributed by atoms with Crippen molar-refractivity contribution in [1.29, 1.82) is 0 Å². The molecule has 1 saturated heterocycles. The summed E-state index contributed by atoms with van der Waals surface area (Å²) >= 11 is 0. The Morgan fingerprint density at radius 2 is 1.77 bits per heavy atom. The maximum atomic E-state index is 12.8. The highest BCUT2D eigenvalue weighted by Crippen LogP contribution is 2.23. The van der Waals surface area contributed by atoms with E-state index in [1.807, 2.05) is 19.2 Å². The predicted octanol–water partition coefficient (Wildman–Crippen LogP) is 2.03. The van der Waals surface area contributed by atoms with Crippen molar-refractivity contribution in [2.45, 2.75) is 43.9 Å². The van der Waals surface area contributed by atoms with E-state index in [0.29, 0.717) is 43.4 Å². The fourth-order valence-corrected chi connectivity index (χ4v) is 4.53. The highest BCUT2D eigenvalue weighted by molar-refractivity contribution is 7.89. The third-order valence-electron chi connectivity index (χ3n) is 5.11. The van der Waals surface area contributed by atoms with Crippen molar-refractivity contribution in [1.82, 2.24) is 14.5 Å². The van der Waals surface area contributed by atoms with Gasteiger partial charge in [-0.15, -0.1) is 0 Å². The highest BCUT2D eigenvalue weighted by Gasteiger charge is 2.29. The molecule has 1 N–H and O–H groups in total. The van der Waals surface area contributed by atoms with Gasteiger partial charge in [-0.05, 0) is 50.0 Å². The minimum Gasteiger partial charge on any atom is -0.340 e. The molecule has 0 spiro atoms. The van der Waals surface area contributed by atoms with Crippen LogP contribution in [0.25, 0.3) is 0 Å². The van der Waals surface area contributed by atoms with Gasteiger partial charge in [0, 0.05) is 32.6 Å². The van der Waals surface area contributed by atoms with E-state index >= 15 is 0 Å². The molecule has 0 aliphatic carbocycles. The fourth-order valence-electron chi connectivity index (χ4n) is 3.11. The molecule has 6 nitrogen and oxygen atoms in total. The molecule has 1 aromatic carbocycles. The van der Waals surface area contributed by atoms with Crippen molar-refractivity contribution in [2.75, 3.05) is 39.8 Å². The van der Waals surface area contributed by atoms with Gasteiger partial charge in [-0.25, -0.2) is 8.42 Å². The zero-order valence-corrected chi connectivity index (χ0v) is 16.9. The molecule has 1 heterocycles. The van der Waals surface area contributed by atoms with Gasteiger partial charge in [0.1, 0.15) is 0 Å². The molecule has 7 heteroatoms. The number of carbonyl (C=O) groups excluding carboxylic acids is 1. The SMILES string of the molecule is CCC(C)c1ccc(S(=O)(=O)N2CCN(C(=O)CCCNC)CC2)cc1. The summed E-state index contributed by atoms with van der Waals surface area (Å²) in [5.74, 6) is 0.527. The molecule has 1 amide bonds. The van der Waals surface area contributed by atoms with Crippen LogP contribution in [0.5, 0.6) is 0 Å². The molecule has 0 radical (unpaired) electrons. The molecule has 0 bridgehead atoms. The molecule has 0 saturated carbocycles. The van der Waals surface area contributed by atoms with E-state index in [1.54, 1.807) is 17.0 Å². The summed E-state index contributed by atoms with van der Waals surface area (Å²) in [7, 11) is -1.63. The smallest absolute Gasteiger partial charge is 0.243 e. The number of rotatable bonds is 8. The van der Waals surface area contributed by atoms with Crippen molar-refractivity contribution in [3.05, 3.63) is 29.8 Å². The van der Waals surface area contributed by atoms with Gasteiger partial charge in [-0.1, -0.05) is 26.0 Å². The minimum atomic E-state index is -3.50. The molecule has 1 aliphatic heterocycles. The van der Waals surface area contributed by atoms with Crippen LogP contribution in [0.3, 0.4) is 0 Å². The quantitative estimate of drug-likeness (QED) is 0.700. The largest absolute Gasteiger partial charge is 0.340 e. The van der Waals surface area contributed by atoms with Crippen LogP contribution in [0.15, 0.2) is 29.2 Å². The lowest BCUT2D eigenvalue weighted by Crippen LogP contribution is -2.50. The van der Waals surface area contributed by atoms with Crippen LogP contribution in [0.1, 0.15) is 44.6 Å². The Morgan fingerprint density at radius 1 is 1.15 bits per heavy atom. The summed E-state index contributed by atoms with van der Waals surface area (Å²) in [6, 6.07) is 7.21. The first-order valence-electron chi connectivity index (χ1n) is 9.42. The highest BCUT2D eigenvalue weighted by atomic mass is 32.2. The van der Waals surface area contributed by atoms with Crippen molar-refractivity contribution in [2.24, 2.45) is 0 Å². The summed E-state index contributed by atoms with van der Waals surface area (Å²) in [4.78, 5) is 14.3. The van der Waals surface area contributed by atoms with E-state index in [0.717, 1.165) is 24.9 Å². The first kappa shape index (κ1) is 20.9. The number of benzene rings is 1. The van der Waals surface area contributed by atoms with Gasteiger partial charge in [-0.3, -0.25) is 4.79 Å². The Labute approximate surface area is 157 Å². The Bertz CT molecular complexity index is 680. The van der Waals surface area contributed by atoms with Gasteiger partial charge < -0.3 is 10.2 Å². The lowest BCUT2D eigenvalue weighted by Gasteiger charge is -2.34. The second-order valence-electron chi connectivity index (χ2n) is 6.87. The molecule has 0 aromatic heterocycles. The molecule has 1 aromatic rings. The van der Waals surface area contributed by atoms with Crippen LogP contribution in [0, 0.1) is 0 Å². The van der Waals surface area contributed by atoms with Crippen molar-refractivity contribution in [3.8, 4) is 0 Å². The third-order valence-corrected chi connectivity index (χ3v) is 7.02. The van der Waals surface area contributed by atoms with E-state index in [9.17, 15) is 13.2 Å². The van der Waals surface area contributed by atoms with Crippen LogP contribution in [0.4, 0.5) is 0 Å². The van der Waals surface area contributed by atoms with Crippen LogP contribution in [-0.2, 0) is 14.8 Å². The lowest BCUT2D eigenvalue weighted by atomic mass is 9.99. The molecule has 26 heavy (non-hydrogen) atoms. The second kappa shape index (κ2) is 9.48. The number of hydrogen-bond acceptors (Lipinski definition) is 4. The molecule has 1 unspecified atom stereocenters. The van der Waals surface area contributed by atoms with Crippen LogP contribution >= 0.6 is 0 Å². The average molecular weight is 382 g/mol. The number of carbonyl (C=O) groups is 1. The molecule has 1 fully saturated rings. The summed E-state index contributed by atoms with van der Waals surface area (Å²) in [5, 5.41) is 3.03. The van der Waals surface area contributed by atoms with E-state index in [2.05, 4.69) is 19.2 Å². The lowest BCUT2D eigenvalue weighted by molar-refractivity contribution is -0.132. The first-order chi connectivity index (χ1) is 12.4. The van der Waals surface area contributed by atoms with E-state index in [4.69, 9.17) is 0 Å². The van der Waals surface area contributed by atoms with E-state index < -0.39 is 10.0 Å². The number of nitrogens with zero attached hydrogens (tertiary/aromatic N) is 2. The number of amides is 1. The number of piperazine rings is 1. The standard InChI is InChI=1S/C19H31N3O3S/c1-4-16(2)17-7-9-18(10-8-17)26(24,25)22-14-12-21(13-15-22)19(23)6-5-11-20-3/h7-10,16,20H,4-6,11-15H2,1-3H3. The van der Waals surface area contributed by atoms with Crippen LogP contribution in [-0.4, -0.2) is 63.3 Å². The number of nitrogens with one attached hydrogen (secondary N) is 1. The second-order valence-corrected chi connectivity index (χ2v) is 8.81. The molecule has 1 atom stereocenters. The van der Waals surface area contributed by atoms with Gasteiger partial charge in [0.2, 0.25) is 15.9 Å². The predicted molar refractivity (Wildman–Crippen MR) is 104 cm³/mol. The van der Waals surface area contributed by atoms with Crippen molar-refractivity contribution < 1.29 is 13.2 Å². The third kappa shape index (κ3) is 5.05. The molecular weight excluding hydrogens is 350 g/mol. The zero-order valence-electron chi connectivity index (χ0n) is 16.1. The molecular formula is C19H31N3O3S. The van der Waals surface area contributed by atoms with Gasteiger partial charge in [0.05, 0.1) is 4.90 Å². The molecule has 2 rings (SSSR count). The Morgan fingerprint density at radius 3 is 2.31 bits per heavy atom. The monoisotopic (exact) mass is 381 g/mol. The van der Waals surface area contributed by atoms with Crippen LogP contribution < -0.4 is 5.32 Å². The van der Waals surface area contributed by atoms with Crippen molar-refractivity contribution >= 4 is 15.9 Å². The topological polar surface area (TPSA) is 69.7 Å². The summed E-state index contributed by atoms with van der Waals surface area (Å²) in [6.45, 7) is 6.70. The maximum absolute atomic E-state index is 12.8. The van der Waals surface area contributed by atoms with E-state index in [-0.39, 0.29) is 5.91 Å². The fraction of sp³-hybridized carbons (Fsp3) is 0.632. The average Bonchev–Trinajstić information content (AvgIpc) is 2.67. The first-order valence-corrected chi connectivity index (χ1v) is 10.9.